The van der Waals surface area contributed by atoms with Crippen molar-refractivity contribution in [3.05, 3.63) is 0 Å². The molecule has 0 bridgehead atoms. The second-order valence-corrected chi connectivity index (χ2v) is 4.86. The van der Waals surface area contributed by atoms with Gasteiger partial charge in [-0.3, -0.25) is 0 Å². The van der Waals surface area contributed by atoms with Crippen LogP contribution in [0.1, 0.15) is 32.6 Å². The first-order chi connectivity index (χ1) is 7.37. The van der Waals surface area contributed by atoms with Gasteiger partial charge in [0.25, 0.3) is 0 Å². The van der Waals surface area contributed by atoms with Crippen molar-refractivity contribution in [3.63, 3.8) is 0 Å². The zero-order chi connectivity index (χ0) is 12.2. The number of hydrogen-bond acceptors (Lipinski definition) is 2. The van der Waals surface area contributed by atoms with Crippen molar-refractivity contribution < 1.29 is 23.0 Å². The van der Waals surface area contributed by atoms with Crippen molar-refractivity contribution in [2.24, 2.45) is 11.3 Å². The smallest absolute Gasteiger partial charge is 0.396 e. The van der Waals surface area contributed by atoms with Crippen LogP contribution in [0.5, 0.6) is 0 Å². The molecule has 5 heteroatoms. The Hall–Kier alpha value is -0.290. The summed E-state index contributed by atoms with van der Waals surface area (Å²) in [7, 11) is 0. The molecule has 0 spiro atoms. The largest absolute Gasteiger partial charge is 0.411 e. The quantitative estimate of drug-likeness (QED) is 0.693. The van der Waals surface area contributed by atoms with Crippen LogP contribution in [-0.2, 0) is 4.74 Å². The highest BCUT2D eigenvalue weighted by molar-refractivity contribution is 4.90. The lowest BCUT2D eigenvalue weighted by Gasteiger charge is -2.27. The molecule has 16 heavy (non-hydrogen) atoms. The molecule has 0 amide bonds. The standard InChI is InChI=1S/C11H19F3O2/c1-10(7-15,9-3-4-9)5-2-6-16-8-11(12,13)14/h9,15H,2-8H2,1H3. The number of aliphatic hydroxyl groups is 1. The van der Waals surface area contributed by atoms with E-state index in [0.717, 1.165) is 19.3 Å². The first-order valence-corrected chi connectivity index (χ1v) is 5.63. The molecule has 0 saturated heterocycles. The second kappa shape index (κ2) is 5.36. The lowest BCUT2D eigenvalue weighted by Crippen LogP contribution is -2.25. The SMILES string of the molecule is CC(CO)(CCCOCC(F)(F)F)C1CC1. The van der Waals surface area contributed by atoms with Gasteiger partial charge in [0.2, 0.25) is 0 Å². The normalized spacial score (nSPS) is 20.8. The average Bonchev–Trinajstić information content (AvgIpc) is 2.98. The monoisotopic (exact) mass is 240 g/mol. The summed E-state index contributed by atoms with van der Waals surface area (Å²) in [6.07, 6.45) is -0.687. The molecule has 2 nitrogen and oxygen atoms in total. The fourth-order valence-corrected chi connectivity index (χ4v) is 1.96. The van der Waals surface area contributed by atoms with Crippen molar-refractivity contribution >= 4 is 0 Å². The number of rotatable bonds is 7. The van der Waals surface area contributed by atoms with Crippen LogP contribution in [0.25, 0.3) is 0 Å². The van der Waals surface area contributed by atoms with Crippen molar-refractivity contribution in [2.75, 3.05) is 19.8 Å². The molecule has 1 N–H and O–H groups in total. The van der Waals surface area contributed by atoms with Crippen LogP contribution >= 0.6 is 0 Å². The Labute approximate surface area is 93.8 Å². The van der Waals surface area contributed by atoms with E-state index in [1.54, 1.807) is 0 Å². The van der Waals surface area contributed by atoms with Crippen molar-refractivity contribution in [1.29, 1.82) is 0 Å². The first-order valence-electron chi connectivity index (χ1n) is 5.63. The van der Waals surface area contributed by atoms with Gasteiger partial charge in [-0.15, -0.1) is 0 Å². The van der Waals surface area contributed by atoms with Crippen LogP contribution in [0, 0.1) is 11.3 Å². The van der Waals surface area contributed by atoms with Gasteiger partial charge in [-0.05, 0) is 37.0 Å². The Morgan fingerprint density at radius 3 is 2.38 bits per heavy atom. The molecule has 0 aliphatic heterocycles. The van der Waals surface area contributed by atoms with Crippen molar-refractivity contribution in [1.82, 2.24) is 0 Å². The molecule has 0 aromatic rings. The second-order valence-electron chi connectivity index (χ2n) is 4.86. The maximum absolute atomic E-state index is 11.8. The molecular weight excluding hydrogens is 221 g/mol. The van der Waals surface area contributed by atoms with Gasteiger partial charge in [-0.2, -0.15) is 13.2 Å². The topological polar surface area (TPSA) is 29.5 Å². The van der Waals surface area contributed by atoms with Gasteiger partial charge in [0.1, 0.15) is 6.61 Å². The number of ether oxygens (including phenoxy) is 1. The molecule has 1 saturated carbocycles. The molecule has 1 fully saturated rings. The number of alkyl halides is 3. The lowest BCUT2D eigenvalue weighted by atomic mass is 9.81. The first kappa shape index (κ1) is 13.8. The average molecular weight is 240 g/mol. The summed E-state index contributed by atoms with van der Waals surface area (Å²) in [4.78, 5) is 0. The van der Waals surface area contributed by atoms with Crippen LogP contribution in [0.4, 0.5) is 13.2 Å². The number of aliphatic hydroxyl groups excluding tert-OH is 1. The van der Waals surface area contributed by atoms with Crippen LogP contribution in [0.15, 0.2) is 0 Å². The summed E-state index contributed by atoms with van der Waals surface area (Å²) in [6, 6.07) is 0. The van der Waals surface area contributed by atoms with E-state index in [1.165, 1.54) is 0 Å². The number of halogens is 3. The fourth-order valence-electron chi connectivity index (χ4n) is 1.96. The highest BCUT2D eigenvalue weighted by Gasteiger charge is 2.40. The summed E-state index contributed by atoms with van der Waals surface area (Å²) in [5.41, 5.74) is -0.123. The molecule has 1 aliphatic rings. The van der Waals surface area contributed by atoms with E-state index in [1.807, 2.05) is 6.92 Å². The molecule has 0 heterocycles. The van der Waals surface area contributed by atoms with Gasteiger partial charge in [-0.1, -0.05) is 6.92 Å². The van der Waals surface area contributed by atoms with E-state index in [9.17, 15) is 18.3 Å². The Kier molecular flexibility index (Phi) is 4.62. The highest BCUT2D eigenvalue weighted by Crippen LogP contribution is 2.47. The molecular formula is C11H19F3O2. The van der Waals surface area contributed by atoms with Gasteiger partial charge in [0.05, 0.1) is 0 Å². The summed E-state index contributed by atoms with van der Waals surface area (Å²) >= 11 is 0. The van der Waals surface area contributed by atoms with Crippen LogP contribution in [-0.4, -0.2) is 31.1 Å². The fraction of sp³-hybridized carbons (Fsp3) is 1.00. The van der Waals surface area contributed by atoms with E-state index in [0.29, 0.717) is 12.3 Å². The molecule has 1 unspecified atom stereocenters. The summed E-state index contributed by atoms with van der Waals surface area (Å²) in [5, 5.41) is 9.26. The third-order valence-electron chi connectivity index (χ3n) is 3.23. The maximum atomic E-state index is 11.8. The van der Waals surface area contributed by atoms with Crippen molar-refractivity contribution in [3.8, 4) is 0 Å². The third kappa shape index (κ3) is 4.70. The van der Waals surface area contributed by atoms with Gasteiger partial charge in [0, 0.05) is 13.2 Å². The van der Waals surface area contributed by atoms with Gasteiger partial charge >= 0.3 is 6.18 Å². The molecule has 1 rings (SSSR count). The minimum absolute atomic E-state index is 0.108. The maximum Gasteiger partial charge on any atom is 0.411 e. The zero-order valence-electron chi connectivity index (χ0n) is 9.52. The summed E-state index contributed by atoms with van der Waals surface area (Å²) < 4.78 is 39.8. The molecule has 96 valence electrons. The zero-order valence-corrected chi connectivity index (χ0v) is 9.52. The van der Waals surface area contributed by atoms with E-state index in [4.69, 9.17) is 0 Å². The summed E-state index contributed by atoms with van der Waals surface area (Å²) in [5.74, 6) is 0.542. The minimum atomic E-state index is -4.24. The van der Waals surface area contributed by atoms with E-state index in [2.05, 4.69) is 4.74 Å². The molecule has 1 aliphatic carbocycles. The Morgan fingerprint density at radius 1 is 1.31 bits per heavy atom. The molecule has 0 radical (unpaired) electrons. The van der Waals surface area contributed by atoms with E-state index in [-0.39, 0.29) is 18.6 Å². The Morgan fingerprint density at radius 2 is 1.94 bits per heavy atom. The molecule has 0 aromatic carbocycles. The lowest BCUT2D eigenvalue weighted by molar-refractivity contribution is -0.174. The molecule has 1 atom stereocenters. The Bertz CT molecular complexity index is 214. The van der Waals surface area contributed by atoms with Crippen LogP contribution in [0.2, 0.25) is 0 Å². The minimum Gasteiger partial charge on any atom is -0.396 e. The van der Waals surface area contributed by atoms with E-state index < -0.39 is 12.8 Å². The predicted octanol–water partition coefficient (Wildman–Crippen LogP) is 2.75. The highest BCUT2D eigenvalue weighted by atomic mass is 19.4. The van der Waals surface area contributed by atoms with E-state index >= 15 is 0 Å². The number of hydrogen-bond donors (Lipinski definition) is 1. The van der Waals surface area contributed by atoms with Crippen molar-refractivity contribution in [2.45, 2.75) is 38.8 Å². The van der Waals surface area contributed by atoms with Gasteiger partial charge in [-0.25, -0.2) is 0 Å². The Balaban J connectivity index is 2.10. The molecule has 0 aromatic heterocycles. The predicted molar refractivity (Wildman–Crippen MR) is 54.0 cm³/mol. The van der Waals surface area contributed by atoms with Crippen LogP contribution in [0.3, 0.4) is 0 Å². The third-order valence-corrected chi connectivity index (χ3v) is 3.23. The van der Waals surface area contributed by atoms with Crippen LogP contribution < -0.4 is 0 Å². The van der Waals surface area contributed by atoms with Gasteiger partial charge < -0.3 is 9.84 Å². The summed E-state index contributed by atoms with van der Waals surface area (Å²) in [6.45, 7) is 1.04. The van der Waals surface area contributed by atoms with Gasteiger partial charge in [0.15, 0.2) is 0 Å².